The Morgan fingerprint density at radius 2 is 1.94 bits per heavy atom. The van der Waals surface area contributed by atoms with Gasteiger partial charge in [-0.3, -0.25) is 0 Å². The van der Waals surface area contributed by atoms with Crippen molar-refractivity contribution in [2.24, 2.45) is 0 Å². The number of alkyl halides is 3. The summed E-state index contributed by atoms with van der Waals surface area (Å²) in [5, 5.41) is 3.10. The molecule has 16 heavy (non-hydrogen) atoms. The van der Waals surface area contributed by atoms with Gasteiger partial charge in [0, 0.05) is 18.3 Å². The maximum Gasteiger partial charge on any atom is 0.416 e. The van der Waals surface area contributed by atoms with E-state index in [9.17, 15) is 13.2 Å². The number of benzene rings is 1. The van der Waals surface area contributed by atoms with Crippen LogP contribution in [0.25, 0.3) is 0 Å². The van der Waals surface area contributed by atoms with Gasteiger partial charge in [-0.2, -0.15) is 13.2 Å². The fraction of sp³-hybridized carbons (Fsp3) is 0.455. The van der Waals surface area contributed by atoms with E-state index in [-0.39, 0.29) is 11.7 Å². The molecule has 5 heteroatoms. The average Bonchev–Trinajstić information content (AvgIpc) is 2.14. The summed E-state index contributed by atoms with van der Waals surface area (Å²) in [5.41, 5.74) is 5.71. The van der Waals surface area contributed by atoms with E-state index < -0.39 is 11.7 Å². The molecule has 0 aromatic heterocycles. The van der Waals surface area contributed by atoms with E-state index in [1.165, 1.54) is 6.07 Å². The van der Waals surface area contributed by atoms with Crippen molar-refractivity contribution in [3.8, 4) is 0 Å². The molecular weight excluding hydrogens is 217 g/mol. The Morgan fingerprint density at radius 3 is 2.38 bits per heavy atom. The summed E-state index contributed by atoms with van der Waals surface area (Å²) in [6.45, 7) is 4.39. The third-order valence-corrected chi connectivity index (χ3v) is 2.17. The molecule has 3 N–H and O–H groups in total. The van der Waals surface area contributed by atoms with Gasteiger partial charge in [-0.1, -0.05) is 19.9 Å². The Hall–Kier alpha value is -1.23. The molecule has 0 fully saturated rings. The fourth-order valence-electron chi connectivity index (χ4n) is 1.25. The first-order valence-electron chi connectivity index (χ1n) is 4.99. The molecule has 0 spiro atoms. The second-order valence-corrected chi connectivity index (χ2v) is 3.95. The summed E-state index contributed by atoms with van der Waals surface area (Å²) in [5.74, 6) is 0. The molecule has 0 aliphatic rings. The van der Waals surface area contributed by atoms with Crippen molar-refractivity contribution in [2.45, 2.75) is 32.6 Å². The maximum atomic E-state index is 12.3. The van der Waals surface area contributed by atoms with Gasteiger partial charge < -0.3 is 11.1 Å². The zero-order valence-corrected chi connectivity index (χ0v) is 9.23. The molecular formula is C11H15F3N2. The number of hydrogen-bond donors (Lipinski definition) is 2. The molecule has 1 rings (SSSR count). The SMILES string of the molecule is CC(C)NCc1ccc(C(F)(F)F)cc1N. The van der Waals surface area contributed by atoms with Gasteiger partial charge >= 0.3 is 6.18 Å². The Labute approximate surface area is 92.6 Å². The normalized spacial score (nSPS) is 12.1. The molecule has 0 aliphatic heterocycles. The van der Waals surface area contributed by atoms with Gasteiger partial charge in [0.2, 0.25) is 0 Å². The number of halogens is 3. The van der Waals surface area contributed by atoms with Crippen LogP contribution in [-0.4, -0.2) is 6.04 Å². The van der Waals surface area contributed by atoms with Crippen LogP contribution in [0.1, 0.15) is 25.0 Å². The molecule has 0 heterocycles. The predicted octanol–water partition coefficient (Wildman–Crippen LogP) is 2.79. The fourth-order valence-corrected chi connectivity index (χ4v) is 1.25. The zero-order chi connectivity index (χ0) is 12.3. The topological polar surface area (TPSA) is 38.0 Å². The highest BCUT2D eigenvalue weighted by Gasteiger charge is 2.30. The van der Waals surface area contributed by atoms with Crippen molar-refractivity contribution >= 4 is 5.69 Å². The van der Waals surface area contributed by atoms with Gasteiger partial charge in [0.05, 0.1) is 5.56 Å². The quantitative estimate of drug-likeness (QED) is 0.786. The molecule has 1 aromatic rings. The van der Waals surface area contributed by atoms with Crippen molar-refractivity contribution in [3.63, 3.8) is 0 Å². The molecule has 0 radical (unpaired) electrons. The average molecular weight is 232 g/mol. The van der Waals surface area contributed by atoms with E-state index in [0.717, 1.165) is 12.1 Å². The van der Waals surface area contributed by atoms with Crippen molar-refractivity contribution in [3.05, 3.63) is 29.3 Å². The third-order valence-electron chi connectivity index (χ3n) is 2.17. The van der Waals surface area contributed by atoms with Gasteiger partial charge in [-0.25, -0.2) is 0 Å². The molecule has 90 valence electrons. The van der Waals surface area contributed by atoms with Crippen LogP contribution in [0.5, 0.6) is 0 Å². The zero-order valence-electron chi connectivity index (χ0n) is 9.23. The summed E-state index contributed by atoms with van der Waals surface area (Å²) in [6.07, 6.45) is -4.34. The third kappa shape index (κ3) is 3.41. The molecule has 0 amide bonds. The lowest BCUT2D eigenvalue weighted by Crippen LogP contribution is -2.22. The van der Waals surface area contributed by atoms with E-state index in [1.807, 2.05) is 13.8 Å². The number of hydrogen-bond acceptors (Lipinski definition) is 2. The number of nitrogen functional groups attached to an aromatic ring is 1. The van der Waals surface area contributed by atoms with E-state index in [2.05, 4.69) is 5.32 Å². The number of rotatable bonds is 3. The summed E-state index contributed by atoms with van der Waals surface area (Å²) < 4.78 is 37.0. The van der Waals surface area contributed by atoms with E-state index in [0.29, 0.717) is 12.1 Å². The largest absolute Gasteiger partial charge is 0.416 e. The lowest BCUT2D eigenvalue weighted by atomic mass is 10.1. The lowest BCUT2D eigenvalue weighted by Gasteiger charge is -2.12. The minimum Gasteiger partial charge on any atom is -0.398 e. The van der Waals surface area contributed by atoms with E-state index >= 15 is 0 Å². The van der Waals surface area contributed by atoms with E-state index in [1.54, 1.807) is 0 Å². The molecule has 0 saturated carbocycles. The summed E-state index contributed by atoms with van der Waals surface area (Å²) in [6, 6.07) is 3.69. The van der Waals surface area contributed by atoms with Gasteiger partial charge in [0.1, 0.15) is 0 Å². The first-order valence-corrected chi connectivity index (χ1v) is 4.99. The first kappa shape index (κ1) is 12.8. The van der Waals surface area contributed by atoms with Gasteiger partial charge in [0.25, 0.3) is 0 Å². The van der Waals surface area contributed by atoms with Crippen LogP contribution < -0.4 is 11.1 Å². The summed E-state index contributed by atoms with van der Waals surface area (Å²) in [4.78, 5) is 0. The Morgan fingerprint density at radius 1 is 1.31 bits per heavy atom. The number of nitrogens with one attached hydrogen (secondary N) is 1. The highest BCUT2D eigenvalue weighted by atomic mass is 19.4. The smallest absolute Gasteiger partial charge is 0.398 e. The number of nitrogens with two attached hydrogens (primary N) is 1. The van der Waals surface area contributed by atoms with Crippen molar-refractivity contribution in [1.82, 2.24) is 5.32 Å². The van der Waals surface area contributed by atoms with Crippen molar-refractivity contribution in [2.75, 3.05) is 5.73 Å². The summed E-state index contributed by atoms with van der Waals surface area (Å²) in [7, 11) is 0. The monoisotopic (exact) mass is 232 g/mol. The molecule has 0 aliphatic carbocycles. The lowest BCUT2D eigenvalue weighted by molar-refractivity contribution is -0.137. The summed E-state index contributed by atoms with van der Waals surface area (Å²) >= 11 is 0. The Balaban J connectivity index is 2.84. The first-order chi connectivity index (χ1) is 7.30. The second-order valence-electron chi connectivity index (χ2n) is 3.95. The molecule has 2 nitrogen and oxygen atoms in total. The minimum atomic E-state index is -4.34. The van der Waals surface area contributed by atoms with Gasteiger partial charge in [-0.15, -0.1) is 0 Å². The second kappa shape index (κ2) is 4.74. The highest BCUT2D eigenvalue weighted by molar-refractivity contribution is 5.49. The van der Waals surface area contributed by atoms with Crippen molar-refractivity contribution < 1.29 is 13.2 Å². The van der Waals surface area contributed by atoms with Crippen LogP contribution in [-0.2, 0) is 12.7 Å². The number of anilines is 1. The standard InChI is InChI=1S/C11H15F3N2/c1-7(2)16-6-8-3-4-9(5-10(8)15)11(12,13)14/h3-5,7,16H,6,15H2,1-2H3. The molecule has 0 unspecified atom stereocenters. The van der Waals surface area contributed by atoms with Gasteiger partial charge in [0.15, 0.2) is 0 Å². The predicted molar refractivity (Wildman–Crippen MR) is 57.8 cm³/mol. The van der Waals surface area contributed by atoms with Crippen LogP contribution in [0.4, 0.5) is 18.9 Å². The van der Waals surface area contributed by atoms with Crippen LogP contribution in [0, 0.1) is 0 Å². The van der Waals surface area contributed by atoms with E-state index in [4.69, 9.17) is 5.73 Å². The van der Waals surface area contributed by atoms with Gasteiger partial charge in [-0.05, 0) is 17.7 Å². The van der Waals surface area contributed by atoms with Crippen LogP contribution >= 0.6 is 0 Å². The molecule has 0 bridgehead atoms. The Bertz CT molecular complexity index is 359. The molecule has 0 atom stereocenters. The highest BCUT2D eigenvalue weighted by Crippen LogP contribution is 2.31. The molecule has 0 saturated heterocycles. The molecule has 1 aromatic carbocycles. The maximum absolute atomic E-state index is 12.3. The van der Waals surface area contributed by atoms with Crippen LogP contribution in [0.15, 0.2) is 18.2 Å². The van der Waals surface area contributed by atoms with Crippen LogP contribution in [0.2, 0.25) is 0 Å². The Kier molecular flexibility index (Phi) is 3.80. The van der Waals surface area contributed by atoms with Crippen molar-refractivity contribution in [1.29, 1.82) is 0 Å². The minimum absolute atomic E-state index is 0.169. The van der Waals surface area contributed by atoms with Crippen LogP contribution in [0.3, 0.4) is 0 Å².